The van der Waals surface area contributed by atoms with Gasteiger partial charge in [-0.3, -0.25) is 4.79 Å². The zero-order valence-electron chi connectivity index (χ0n) is 15.5. The molecule has 2 aromatic rings. The van der Waals surface area contributed by atoms with Crippen molar-refractivity contribution in [2.24, 2.45) is 5.73 Å². The Bertz CT molecular complexity index is 910. The number of hydrogen-bond acceptors (Lipinski definition) is 4. The molecular weight excluding hydrogens is 369 g/mol. The quantitative estimate of drug-likeness (QED) is 0.701. The molecule has 0 saturated heterocycles. The normalized spacial score (nSPS) is 13.2. The van der Waals surface area contributed by atoms with Crippen LogP contribution in [0.4, 0.5) is 10.1 Å². The molecule has 0 aliphatic carbocycles. The molecule has 146 valence electrons. The molecule has 2 rings (SSSR count). The summed E-state index contributed by atoms with van der Waals surface area (Å²) in [7, 11) is -3.87. The number of anilines is 1. The summed E-state index contributed by atoms with van der Waals surface area (Å²) in [6, 6.07) is 11.7. The zero-order valence-corrected chi connectivity index (χ0v) is 16.3. The van der Waals surface area contributed by atoms with Gasteiger partial charge < -0.3 is 11.1 Å². The number of carbonyl (C=O) groups is 1. The first kappa shape index (κ1) is 21.0. The topological polar surface area (TPSA) is 101 Å². The van der Waals surface area contributed by atoms with Crippen LogP contribution in [0.1, 0.15) is 26.3 Å². The summed E-state index contributed by atoms with van der Waals surface area (Å²) in [6.07, 6.45) is 0.302. The molecule has 0 saturated carbocycles. The molecule has 0 bridgehead atoms. The fraction of sp³-hybridized carbons (Fsp3) is 0.316. The van der Waals surface area contributed by atoms with Gasteiger partial charge in [-0.05, 0) is 51.0 Å². The van der Waals surface area contributed by atoms with Gasteiger partial charge >= 0.3 is 0 Å². The lowest BCUT2D eigenvalue weighted by molar-refractivity contribution is -0.117. The average Bonchev–Trinajstić information content (AvgIpc) is 2.55. The molecule has 8 heteroatoms. The predicted molar refractivity (Wildman–Crippen MR) is 103 cm³/mol. The van der Waals surface area contributed by atoms with Crippen LogP contribution in [-0.4, -0.2) is 25.9 Å². The monoisotopic (exact) mass is 393 g/mol. The lowest BCUT2D eigenvalue weighted by Crippen LogP contribution is -2.40. The molecule has 1 atom stereocenters. The van der Waals surface area contributed by atoms with Gasteiger partial charge in [0.25, 0.3) is 0 Å². The second-order valence-corrected chi connectivity index (χ2v) is 8.97. The third-order valence-corrected chi connectivity index (χ3v) is 5.34. The molecule has 4 N–H and O–H groups in total. The molecule has 0 aliphatic heterocycles. The maximum atomic E-state index is 14.3. The summed E-state index contributed by atoms with van der Waals surface area (Å²) in [4.78, 5) is 12.0. The Balaban J connectivity index is 2.10. The number of benzene rings is 2. The van der Waals surface area contributed by atoms with Gasteiger partial charge in [-0.25, -0.2) is 17.5 Å². The molecule has 27 heavy (non-hydrogen) atoms. The Morgan fingerprint density at radius 1 is 1.15 bits per heavy atom. The predicted octanol–water partition coefficient (Wildman–Crippen LogP) is 2.41. The minimum absolute atomic E-state index is 0.127. The van der Waals surface area contributed by atoms with Gasteiger partial charge in [0.2, 0.25) is 15.9 Å². The van der Waals surface area contributed by atoms with Crippen molar-refractivity contribution < 1.29 is 17.6 Å². The Morgan fingerprint density at radius 2 is 1.78 bits per heavy atom. The molecule has 0 fully saturated rings. The number of carbonyl (C=O) groups excluding carboxylic acids is 1. The minimum Gasteiger partial charge on any atom is -0.322 e. The van der Waals surface area contributed by atoms with Gasteiger partial charge in [0.15, 0.2) is 0 Å². The fourth-order valence-electron chi connectivity index (χ4n) is 2.41. The standard InChI is InChI=1S/C19H24FN3O3S/c1-19(2,3)23-27(25,26)14-9-10-17(15(20)12-14)22-18(24)16(21)11-13-7-5-4-6-8-13/h4-10,12,16,23H,11,21H2,1-3H3,(H,22,24). The Hall–Kier alpha value is -2.29. The second-order valence-electron chi connectivity index (χ2n) is 7.28. The molecule has 1 unspecified atom stereocenters. The van der Waals surface area contributed by atoms with Crippen LogP contribution >= 0.6 is 0 Å². The number of nitrogens with two attached hydrogens (primary N) is 1. The SMILES string of the molecule is CC(C)(C)NS(=O)(=O)c1ccc(NC(=O)C(N)Cc2ccccc2)c(F)c1. The van der Waals surface area contributed by atoms with Crippen LogP contribution in [0.5, 0.6) is 0 Å². The van der Waals surface area contributed by atoms with Gasteiger partial charge in [-0.15, -0.1) is 0 Å². The lowest BCUT2D eigenvalue weighted by Gasteiger charge is -2.20. The van der Waals surface area contributed by atoms with Gasteiger partial charge in [0, 0.05) is 5.54 Å². The summed E-state index contributed by atoms with van der Waals surface area (Å²) in [5.74, 6) is -1.41. The number of hydrogen-bond donors (Lipinski definition) is 3. The lowest BCUT2D eigenvalue weighted by atomic mass is 10.1. The summed E-state index contributed by atoms with van der Waals surface area (Å²) < 4.78 is 41.3. The van der Waals surface area contributed by atoms with Crippen molar-refractivity contribution >= 4 is 21.6 Å². The van der Waals surface area contributed by atoms with Gasteiger partial charge in [-0.2, -0.15) is 0 Å². The zero-order chi connectivity index (χ0) is 20.2. The van der Waals surface area contributed by atoms with Crippen LogP contribution in [0, 0.1) is 5.82 Å². The third kappa shape index (κ3) is 6.13. The van der Waals surface area contributed by atoms with Gasteiger partial charge in [-0.1, -0.05) is 30.3 Å². The van der Waals surface area contributed by atoms with E-state index in [4.69, 9.17) is 5.73 Å². The van der Waals surface area contributed by atoms with Gasteiger partial charge in [0.1, 0.15) is 5.82 Å². The van der Waals surface area contributed by atoms with Crippen LogP contribution in [0.2, 0.25) is 0 Å². The first-order valence-electron chi connectivity index (χ1n) is 8.42. The minimum atomic E-state index is -3.87. The summed E-state index contributed by atoms with van der Waals surface area (Å²) >= 11 is 0. The van der Waals surface area contributed by atoms with Crippen LogP contribution in [-0.2, 0) is 21.2 Å². The highest BCUT2D eigenvalue weighted by Crippen LogP contribution is 2.20. The smallest absolute Gasteiger partial charge is 0.241 e. The first-order chi connectivity index (χ1) is 12.5. The molecule has 0 spiro atoms. The van der Waals surface area contributed by atoms with Crippen molar-refractivity contribution in [1.29, 1.82) is 0 Å². The summed E-state index contributed by atoms with van der Waals surface area (Å²) in [5, 5.41) is 2.40. The molecule has 6 nitrogen and oxygen atoms in total. The average molecular weight is 393 g/mol. The van der Waals surface area contributed by atoms with E-state index in [1.54, 1.807) is 20.8 Å². The molecule has 0 aliphatic rings. The fourth-order valence-corrected chi connectivity index (χ4v) is 3.84. The van der Waals surface area contributed by atoms with Crippen molar-refractivity contribution in [3.8, 4) is 0 Å². The maximum Gasteiger partial charge on any atom is 0.241 e. The number of sulfonamides is 1. The molecule has 2 aromatic carbocycles. The van der Waals surface area contributed by atoms with Crippen LogP contribution in [0.25, 0.3) is 0 Å². The van der Waals surface area contributed by atoms with Crippen molar-refractivity contribution in [3.05, 3.63) is 59.9 Å². The Labute approximate surface area is 159 Å². The Morgan fingerprint density at radius 3 is 2.33 bits per heavy atom. The molecule has 0 aromatic heterocycles. The van der Waals surface area contributed by atoms with Crippen molar-refractivity contribution in [2.75, 3.05) is 5.32 Å². The molecular formula is C19H24FN3O3S. The highest BCUT2D eigenvalue weighted by molar-refractivity contribution is 7.89. The van der Waals surface area contributed by atoms with Crippen LogP contribution in [0.3, 0.4) is 0 Å². The van der Waals surface area contributed by atoms with Crippen molar-refractivity contribution in [2.45, 2.75) is 43.7 Å². The Kier molecular flexibility index (Phi) is 6.35. The number of rotatable bonds is 6. The van der Waals surface area contributed by atoms with Crippen molar-refractivity contribution in [1.82, 2.24) is 4.72 Å². The maximum absolute atomic E-state index is 14.3. The number of amides is 1. The van der Waals surface area contributed by atoms with Crippen LogP contribution in [0.15, 0.2) is 53.4 Å². The van der Waals surface area contributed by atoms with E-state index in [2.05, 4.69) is 10.0 Å². The van der Waals surface area contributed by atoms with E-state index < -0.39 is 33.3 Å². The van der Waals surface area contributed by atoms with E-state index in [0.29, 0.717) is 6.42 Å². The second kappa shape index (κ2) is 8.16. The van der Waals surface area contributed by atoms with E-state index in [1.165, 1.54) is 12.1 Å². The highest BCUT2D eigenvalue weighted by atomic mass is 32.2. The van der Waals surface area contributed by atoms with E-state index in [9.17, 15) is 17.6 Å². The summed E-state index contributed by atoms with van der Waals surface area (Å²) in [5.41, 5.74) is 5.93. The van der Waals surface area contributed by atoms with E-state index in [0.717, 1.165) is 11.6 Å². The van der Waals surface area contributed by atoms with E-state index in [-0.39, 0.29) is 10.6 Å². The first-order valence-corrected chi connectivity index (χ1v) is 9.90. The highest BCUT2D eigenvalue weighted by Gasteiger charge is 2.23. The van der Waals surface area contributed by atoms with E-state index in [1.807, 2.05) is 30.3 Å². The van der Waals surface area contributed by atoms with E-state index >= 15 is 0 Å². The summed E-state index contributed by atoms with van der Waals surface area (Å²) in [6.45, 7) is 5.05. The number of nitrogens with one attached hydrogen (secondary N) is 2. The van der Waals surface area contributed by atoms with Gasteiger partial charge in [0.05, 0.1) is 16.6 Å². The third-order valence-electron chi connectivity index (χ3n) is 3.58. The molecule has 0 heterocycles. The van der Waals surface area contributed by atoms with Crippen LogP contribution < -0.4 is 15.8 Å². The molecule has 1 amide bonds. The number of halogens is 1. The molecule has 0 radical (unpaired) electrons. The largest absolute Gasteiger partial charge is 0.322 e. The van der Waals surface area contributed by atoms with Crippen molar-refractivity contribution in [3.63, 3.8) is 0 Å².